The van der Waals surface area contributed by atoms with Crippen molar-refractivity contribution in [2.75, 3.05) is 18.0 Å². The monoisotopic (exact) mass is 338 g/mol. The molecule has 2 amide bonds. The Hall–Kier alpha value is -1.54. The van der Waals surface area contributed by atoms with Crippen LogP contribution in [0.5, 0.6) is 0 Å². The Morgan fingerprint density at radius 1 is 1.39 bits per heavy atom. The van der Waals surface area contributed by atoms with Gasteiger partial charge in [-0.25, -0.2) is 0 Å². The van der Waals surface area contributed by atoms with E-state index in [9.17, 15) is 14.7 Å². The number of aromatic nitrogens is 2. The van der Waals surface area contributed by atoms with E-state index in [1.807, 2.05) is 6.92 Å². The van der Waals surface area contributed by atoms with Crippen molar-refractivity contribution < 1.29 is 14.7 Å². The van der Waals surface area contributed by atoms with Crippen LogP contribution in [0.25, 0.3) is 0 Å². The molecule has 2 N–H and O–H groups in total. The summed E-state index contributed by atoms with van der Waals surface area (Å²) in [5, 5.41) is 22.5. The van der Waals surface area contributed by atoms with Crippen LogP contribution in [0.2, 0.25) is 0 Å². The summed E-state index contributed by atoms with van der Waals surface area (Å²) < 4.78 is 0. The quantitative estimate of drug-likeness (QED) is 0.854. The Morgan fingerprint density at radius 3 is 2.78 bits per heavy atom. The van der Waals surface area contributed by atoms with Crippen LogP contribution in [0.1, 0.15) is 43.5 Å². The van der Waals surface area contributed by atoms with E-state index in [1.54, 1.807) is 0 Å². The Labute approximate surface area is 139 Å². The summed E-state index contributed by atoms with van der Waals surface area (Å²) in [6, 6.07) is 0. The number of amides is 2. The number of anilines is 1. The van der Waals surface area contributed by atoms with Gasteiger partial charge in [0.2, 0.25) is 16.9 Å². The highest BCUT2D eigenvalue weighted by Gasteiger charge is 2.38. The van der Waals surface area contributed by atoms with Crippen molar-refractivity contribution in [2.24, 2.45) is 5.92 Å². The molecule has 3 rings (SSSR count). The second kappa shape index (κ2) is 6.52. The molecule has 2 fully saturated rings. The van der Waals surface area contributed by atoms with E-state index >= 15 is 0 Å². The zero-order valence-electron chi connectivity index (χ0n) is 13.2. The summed E-state index contributed by atoms with van der Waals surface area (Å²) in [5.74, 6) is -0.655. The third kappa shape index (κ3) is 3.69. The Kier molecular flexibility index (Phi) is 4.63. The van der Waals surface area contributed by atoms with Gasteiger partial charge in [0.05, 0.1) is 11.5 Å². The Balaban J connectivity index is 1.55. The second-order valence-electron chi connectivity index (χ2n) is 6.51. The molecule has 1 aliphatic heterocycles. The molecule has 0 spiro atoms. The first-order chi connectivity index (χ1) is 11.0. The summed E-state index contributed by atoms with van der Waals surface area (Å²) in [7, 11) is 0. The molecule has 1 aromatic heterocycles. The minimum Gasteiger partial charge on any atom is -0.388 e. The van der Waals surface area contributed by atoms with Gasteiger partial charge in [0.15, 0.2) is 0 Å². The lowest BCUT2D eigenvalue weighted by atomic mass is 9.85. The van der Waals surface area contributed by atoms with E-state index in [2.05, 4.69) is 15.5 Å². The fraction of sp³-hybridized carbons (Fsp3) is 0.733. The molecule has 1 aliphatic carbocycles. The average Bonchev–Trinajstić information content (AvgIpc) is 3.11. The first-order valence-corrected chi connectivity index (χ1v) is 8.89. The first kappa shape index (κ1) is 16.3. The predicted octanol–water partition coefficient (Wildman–Crippen LogP) is 1.01. The van der Waals surface area contributed by atoms with Crippen LogP contribution in [0.3, 0.4) is 0 Å². The second-order valence-corrected chi connectivity index (χ2v) is 7.67. The van der Waals surface area contributed by atoms with Crippen molar-refractivity contribution in [2.45, 2.75) is 51.0 Å². The summed E-state index contributed by atoms with van der Waals surface area (Å²) >= 11 is 1.35. The van der Waals surface area contributed by atoms with E-state index in [-0.39, 0.29) is 30.7 Å². The molecule has 1 atom stereocenters. The van der Waals surface area contributed by atoms with Gasteiger partial charge in [0.1, 0.15) is 5.01 Å². The summed E-state index contributed by atoms with van der Waals surface area (Å²) in [6.07, 6.45) is 4.78. The largest absolute Gasteiger partial charge is 0.388 e. The maximum absolute atomic E-state index is 12.3. The molecule has 126 valence electrons. The first-order valence-electron chi connectivity index (χ1n) is 8.07. The minimum absolute atomic E-state index is 0.0994. The van der Waals surface area contributed by atoms with Crippen LogP contribution in [0.4, 0.5) is 5.13 Å². The van der Waals surface area contributed by atoms with Crippen molar-refractivity contribution in [3.05, 3.63) is 5.01 Å². The van der Waals surface area contributed by atoms with Crippen LogP contribution in [0, 0.1) is 12.8 Å². The van der Waals surface area contributed by atoms with Crippen LogP contribution < -0.4 is 10.2 Å². The molecule has 23 heavy (non-hydrogen) atoms. The standard InChI is InChI=1S/C15H22N4O3S/c1-10-17-18-14(23-10)19-8-11(7-12(19)20)13(21)16-9-15(22)5-3-2-4-6-15/h11,22H,2-9H2,1H3,(H,16,21). The third-order valence-electron chi connectivity index (χ3n) is 4.62. The summed E-state index contributed by atoms with van der Waals surface area (Å²) in [6.45, 7) is 2.43. The highest BCUT2D eigenvalue weighted by Crippen LogP contribution is 2.29. The number of rotatable bonds is 4. The van der Waals surface area contributed by atoms with Crippen LogP contribution in [-0.4, -0.2) is 45.8 Å². The van der Waals surface area contributed by atoms with E-state index in [0.29, 0.717) is 11.7 Å². The molecule has 1 aromatic rings. The van der Waals surface area contributed by atoms with Gasteiger partial charge in [-0.3, -0.25) is 14.5 Å². The topological polar surface area (TPSA) is 95.4 Å². The van der Waals surface area contributed by atoms with Crippen molar-refractivity contribution in [1.29, 1.82) is 0 Å². The molecule has 0 aromatic carbocycles. The fourth-order valence-corrected chi connectivity index (χ4v) is 3.96. The van der Waals surface area contributed by atoms with Gasteiger partial charge in [-0.2, -0.15) is 0 Å². The van der Waals surface area contributed by atoms with Gasteiger partial charge in [0.25, 0.3) is 0 Å². The lowest BCUT2D eigenvalue weighted by molar-refractivity contribution is -0.127. The smallest absolute Gasteiger partial charge is 0.229 e. The third-order valence-corrected chi connectivity index (χ3v) is 5.48. The Bertz CT molecular complexity index is 597. The molecular weight excluding hydrogens is 316 g/mol. The van der Waals surface area contributed by atoms with Crippen molar-refractivity contribution >= 4 is 28.3 Å². The van der Waals surface area contributed by atoms with Gasteiger partial charge >= 0.3 is 0 Å². The van der Waals surface area contributed by atoms with Gasteiger partial charge in [-0.05, 0) is 19.8 Å². The fourth-order valence-electron chi connectivity index (χ4n) is 3.25. The van der Waals surface area contributed by atoms with E-state index in [4.69, 9.17) is 0 Å². The normalized spacial score (nSPS) is 24.0. The molecule has 1 saturated heterocycles. The van der Waals surface area contributed by atoms with E-state index < -0.39 is 5.60 Å². The molecule has 2 aliphatic rings. The predicted molar refractivity (Wildman–Crippen MR) is 86.2 cm³/mol. The molecule has 7 nitrogen and oxygen atoms in total. The molecule has 1 saturated carbocycles. The van der Waals surface area contributed by atoms with Crippen molar-refractivity contribution in [1.82, 2.24) is 15.5 Å². The SMILES string of the molecule is Cc1nnc(N2CC(C(=O)NCC3(O)CCCCC3)CC2=O)s1. The molecular formula is C15H22N4O3S. The van der Waals surface area contributed by atoms with E-state index in [0.717, 1.165) is 37.1 Å². The summed E-state index contributed by atoms with van der Waals surface area (Å²) in [5.41, 5.74) is -0.785. The van der Waals surface area contributed by atoms with Crippen LogP contribution in [-0.2, 0) is 9.59 Å². The number of hydrogen-bond donors (Lipinski definition) is 2. The van der Waals surface area contributed by atoms with Crippen molar-refractivity contribution in [3.63, 3.8) is 0 Å². The Morgan fingerprint density at radius 2 is 2.13 bits per heavy atom. The van der Waals surface area contributed by atoms with Gasteiger partial charge in [-0.15, -0.1) is 10.2 Å². The number of carbonyl (C=O) groups excluding carboxylic acids is 2. The van der Waals surface area contributed by atoms with Gasteiger partial charge in [0, 0.05) is 19.5 Å². The molecule has 1 unspecified atom stereocenters. The molecule has 0 radical (unpaired) electrons. The number of carbonyl (C=O) groups is 2. The van der Waals surface area contributed by atoms with E-state index in [1.165, 1.54) is 16.2 Å². The molecule has 0 bridgehead atoms. The maximum Gasteiger partial charge on any atom is 0.229 e. The van der Waals surface area contributed by atoms with Gasteiger partial charge in [-0.1, -0.05) is 30.6 Å². The highest BCUT2D eigenvalue weighted by atomic mass is 32.1. The number of aryl methyl sites for hydroxylation is 1. The number of hydrogen-bond acceptors (Lipinski definition) is 6. The lowest BCUT2D eigenvalue weighted by Gasteiger charge is -2.32. The average molecular weight is 338 g/mol. The maximum atomic E-state index is 12.3. The summed E-state index contributed by atoms with van der Waals surface area (Å²) in [4.78, 5) is 26.0. The number of aliphatic hydroxyl groups is 1. The molecule has 2 heterocycles. The van der Waals surface area contributed by atoms with Crippen LogP contribution in [0.15, 0.2) is 0 Å². The minimum atomic E-state index is -0.785. The zero-order valence-corrected chi connectivity index (χ0v) is 14.1. The zero-order chi connectivity index (χ0) is 16.4. The number of nitrogens with one attached hydrogen (secondary N) is 1. The highest BCUT2D eigenvalue weighted by molar-refractivity contribution is 7.15. The van der Waals surface area contributed by atoms with Gasteiger partial charge < -0.3 is 10.4 Å². The van der Waals surface area contributed by atoms with Crippen LogP contribution >= 0.6 is 11.3 Å². The number of nitrogens with zero attached hydrogens (tertiary/aromatic N) is 3. The van der Waals surface area contributed by atoms with Crippen molar-refractivity contribution in [3.8, 4) is 0 Å². The molecule has 8 heteroatoms. The lowest BCUT2D eigenvalue weighted by Crippen LogP contribution is -2.46.